The Morgan fingerprint density at radius 2 is 2.21 bits per heavy atom. The molecule has 0 spiro atoms. The smallest absolute Gasteiger partial charge is 0.236 e. The molecule has 0 unspecified atom stereocenters. The number of aromatic nitrogens is 4. The first kappa shape index (κ1) is 11.6. The predicted octanol–water partition coefficient (Wildman–Crippen LogP) is 1.84. The number of hydrogen-bond acceptors (Lipinski definition) is 5. The van der Waals surface area contributed by atoms with E-state index in [1.165, 1.54) is 0 Å². The number of nitrogens with zero attached hydrogens (tertiary/aromatic N) is 4. The molecule has 19 heavy (non-hydrogen) atoms. The summed E-state index contributed by atoms with van der Waals surface area (Å²) < 4.78 is 7.31. The van der Waals surface area contributed by atoms with Crippen molar-refractivity contribution in [2.24, 2.45) is 0 Å². The summed E-state index contributed by atoms with van der Waals surface area (Å²) in [5.74, 6) is 1.12. The SMILES string of the molecule is CCc1nnc(Cn2cc(C=O)c3cccnc32)o1. The molecule has 3 rings (SSSR count). The highest BCUT2D eigenvalue weighted by Crippen LogP contribution is 2.18. The molecule has 0 aliphatic heterocycles. The van der Waals surface area contributed by atoms with Crippen LogP contribution in [0.25, 0.3) is 11.0 Å². The lowest BCUT2D eigenvalue weighted by Gasteiger charge is -1.99. The summed E-state index contributed by atoms with van der Waals surface area (Å²) >= 11 is 0. The van der Waals surface area contributed by atoms with Crippen molar-refractivity contribution in [3.8, 4) is 0 Å². The normalized spacial score (nSPS) is 11.0. The minimum atomic E-state index is 0.411. The topological polar surface area (TPSA) is 73.8 Å². The maximum Gasteiger partial charge on any atom is 0.236 e. The molecule has 3 heterocycles. The average molecular weight is 256 g/mol. The number of carbonyl (C=O) groups excluding carboxylic acids is 1. The number of carbonyl (C=O) groups is 1. The zero-order valence-corrected chi connectivity index (χ0v) is 10.4. The van der Waals surface area contributed by atoms with Gasteiger partial charge in [-0.2, -0.15) is 0 Å². The molecule has 6 heteroatoms. The summed E-state index contributed by atoms with van der Waals surface area (Å²) in [6.45, 7) is 2.36. The first-order chi connectivity index (χ1) is 9.31. The summed E-state index contributed by atoms with van der Waals surface area (Å²) in [5, 5.41) is 8.72. The molecule has 0 aliphatic rings. The average Bonchev–Trinajstić information content (AvgIpc) is 3.04. The summed E-state index contributed by atoms with van der Waals surface area (Å²) in [6, 6.07) is 3.68. The van der Waals surface area contributed by atoms with Crippen molar-refractivity contribution in [1.29, 1.82) is 0 Å². The quantitative estimate of drug-likeness (QED) is 0.666. The van der Waals surface area contributed by atoms with Gasteiger partial charge in [0.05, 0.1) is 0 Å². The third-order valence-electron chi connectivity index (χ3n) is 2.91. The highest BCUT2D eigenvalue weighted by Gasteiger charge is 2.11. The Labute approximate surface area is 109 Å². The van der Waals surface area contributed by atoms with Gasteiger partial charge in [0.1, 0.15) is 12.2 Å². The van der Waals surface area contributed by atoms with E-state index in [2.05, 4.69) is 15.2 Å². The van der Waals surface area contributed by atoms with Gasteiger partial charge in [-0.15, -0.1) is 10.2 Å². The summed E-state index contributed by atoms with van der Waals surface area (Å²) in [4.78, 5) is 15.3. The molecule has 0 aromatic carbocycles. The number of aldehydes is 1. The fourth-order valence-electron chi connectivity index (χ4n) is 2.01. The van der Waals surface area contributed by atoms with E-state index in [0.717, 1.165) is 17.3 Å². The lowest BCUT2D eigenvalue weighted by molar-refractivity contribution is 0.112. The molecule has 0 saturated carbocycles. The molecule has 0 fully saturated rings. The Morgan fingerprint density at radius 3 is 2.95 bits per heavy atom. The first-order valence-corrected chi connectivity index (χ1v) is 6.02. The van der Waals surface area contributed by atoms with Gasteiger partial charge in [-0.1, -0.05) is 6.92 Å². The zero-order valence-electron chi connectivity index (χ0n) is 10.4. The molecule has 0 N–H and O–H groups in total. The number of aryl methyl sites for hydroxylation is 1. The summed E-state index contributed by atoms with van der Waals surface area (Å²) in [5.41, 5.74) is 1.35. The van der Waals surface area contributed by atoms with Crippen LogP contribution in [0.5, 0.6) is 0 Å². The van der Waals surface area contributed by atoms with Crippen LogP contribution in [-0.4, -0.2) is 26.0 Å². The van der Waals surface area contributed by atoms with E-state index in [0.29, 0.717) is 30.3 Å². The Balaban J connectivity index is 2.02. The number of fused-ring (bicyclic) bond motifs is 1. The van der Waals surface area contributed by atoms with Gasteiger partial charge in [0, 0.05) is 29.8 Å². The van der Waals surface area contributed by atoms with Crippen LogP contribution in [0.2, 0.25) is 0 Å². The van der Waals surface area contributed by atoms with Gasteiger partial charge in [-0.3, -0.25) is 4.79 Å². The fraction of sp³-hybridized carbons (Fsp3) is 0.231. The van der Waals surface area contributed by atoms with Crippen molar-refractivity contribution < 1.29 is 9.21 Å². The summed E-state index contributed by atoms with van der Waals surface area (Å²) in [7, 11) is 0. The molecule has 0 amide bonds. The molecule has 0 saturated heterocycles. The second-order valence-corrected chi connectivity index (χ2v) is 4.15. The van der Waals surface area contributed by atoms with Crippen LogP contribution in [0.15, 0.2) is 28.9 Å². The minimum absolute atomic E-state index is 0.411. The van der Waals surface area contributed by atoms with E-state index >= 15 is 0 Å². The molecule has 0 aliphatic carbocycles. The van der Waals surface area contributed by atoms with Crippen molar-refractivity contribution in [2.75, 3.05) is 0 Å². The molecule has 0 atom stereocenters. The van der Waals surface area contributed by atoms with Crippen LogP contribution in [0, 0.1) is 0 Å². The molecule has 96 valence electrons. The third-order valence-corrected chi connectivity index (χ3v) is 2.91. The van der Waals surface area contributed by atoms with E-state index < -0.39 is 0 Å². The standard InChI is InChI=1S/C13H12N4O2/c1-2-11-15-16-12(19-11)7-17-6-9(8-18)10-4-3-5-14-13(10)17/h3-6,8H,2,7H2,1H3. The van der Waals surface area contributed by atoms with Gasteiger partial charge in [0.2, 0.25) is 11.8 Å². The van der Waals surface area contributed by atoms with Crippen LogP contribution >= 0.6 is 0 Å². The number of pyridine rings is 1. The second-order valence-electron chi connectivity index (χ2n) is 4.15. The van der Waals surface area contributed by atoms with Crippen molar-refractivity contribution in [1.82, 2.24) is 19.7 Å². The van der Waals surface area contributed by atoms with Gasteiger partial charge >= 0.3 is 0 Å². The Hall–Kier alpha value is -2.50. The predicted molar refractivity (Wildman–Crippen MR) is 67.9 cm³/mol. The molecule has 3 aromatic heterocycles. The molecule has 6 nitrogen and oxygen atoms in total. The summed E-state index contributed by atoms with van der Waals surface area (Å²) in [6.07, 6.45) is 4.97. The van der Waals surface area contributed by atoms with Crippen molar-refractivity contribution in [3.63, 3.8) is 0 Å². The molecular formula is C13H12N4O2. The van der Waals surface area contributed by atoms with E-state index in [-0.39, 0.29) is 0 Å². The van der Waals surface area contributed by atoms with E-state index in [1.54, 1.807) is 12.4 Å². The fourth-order valence-corrected chi connectivity index (χ4v) is 2.01. The first-order valence-electron chi connectivity index (χ1n) is 6.02. The van der Waals surface area contributed by atoms with E-state index in [4.69, 9.17) is 4.42 Å². The minimum Gasteiger partial charge on any atom is -0.423 e. The van der Waals surface area contributed by atoms with Gasteiger partial charge in [-0.25, -0.2) is 4.98 Å². The van der Waals surface area contributed by atoms with Gasteiger partial charge < -0.3 is 8.98 Å². The highest BCUT2D eigenvalue weighted by atomic mass is 16.4. The van der Waals surface area contributed by atoms with Gasteiger partial charge in [0.15, 0.2) is 6.29 Å². The number of rotatable bonds is 4. The van der Waals surface area contributed by atoms with Crippen LogP contribution in [0.1, 0.15) is 29.1 Å². The monoisotopic (exact) mass is 256 g/mol. The van der Waals surface area contributed by atoms with Crippen LogP contribution in [0.3, 0.4) is 0 Å². The van der Waals surface area contributed by atoms with Crippen LogP contribution in [-0.2, 0) is 13.0 Å². The molecular weight excluding hydrogens is 244 g/mol. The Kier molecular flexibility index (Phi) is 2.83. The lowest BCUT2D eigenvalue weighted by atomic mass is 10.2. The lowest BCUT2D eigenvalue weighted by Crippen LogP contribution is -1.99. The molecule has 3 aromatic rings. The maximum absolute atomic E-state index is 11.0. The Bertz CT molecular complexity index is 729. The van der Waals surface area contributed by atoms with Crippen LogP contribution < -0.4 is 0 Å². The maximum atomic E-state index is 11.0. The molecule has 0 radical (unpaired) electrons. The van der Waals surface area contributed by atoms with Gasteiger partial charge in [0.25, 0.3) is 0 Å². The molecule has 0 bridgehead atoms. The Morgan fingerprint density at radius 1 is 1.37 bits per heavy atom. The highest BCUT2D eigenvalue weighted by molar-refractivity contribution is 5.95. The second kappa shape index (κ2) is 4.64. The van der Waals surface area contributed by atoms with E-state index in [1.807, 2.05) is 23.6 Å². The third kappa shape index (κ3) is 2.01. The van der Waals surface area contributed by atoms with Crippen molar-refractivity contribution in [2.45, 2.75) is 19.9 Å². The zero-order chi connectivity index (χ0) is 13.2. The van der Waals surface area contributed by atoms with E-state index in [9.17, 15) is 4.79 Å². The van der Waals surface area contributed by atoms with Crippen LogP contribution in [0.4, 0.5) is 0 Å². The largest absolute Gasteiger partial charge is 0.423 e. The van der Waals surface area contributed by atoms with Gasteiger partial charge in [-0.05, 0) is 12.1 Å². The van der Waals surface area contributed by atoms with Crippen molar-refractivity contribution in [3.05, 3.63) is 41.9 Å². The number of hydrogen-bond donors (Lipinski definition) is 0. The van der Waals surface area contributed by atoms with Crippen molar-refractivity contribution >= 4 is 17.3 Å².